The molecule has 2 atom stereocenters. The zero-order valence-corrected chi connectivity index (χ0v) is 11.5. The van der Waals surface area contributed by atoms with Crippen LogP contribution in [0.1, 0.15) is 38.8 Å². The summed E-state index contributed by atoms with van der Waals surface area (Å²) in [5.74, 6) is 6.52. The summed E-state index contributed by atoms with van der Waals surface area (Å²) in [6.45, 7) is 7.43. The molecule has 3 N–H and O–H groups in total. The van der Waals surface area contributed by atoms with E-state index in [9.17, 15) is 0 Å². The average molecular weight is 252 g/mol. The van der Waals surface area contributed by atoms with Crippen LogP contribution in [0, 0.1) is 0 Å². The van der Waals surface area contributed by atoms with Gasteiger partial charge in [-0.15, -0.1) is 0 Å². The number of nitrogens with one attached hydrogen (secondary N) is 1. The Labute approximate surface area is 109 Å². The first kappa shape index (κ1) is 15.0. The molecule has 0 aliphatic carbocycles. The third kappa shape index (κ3) is 3.98. The van der Waals surface area contributed by atoms with Crippen LogP contribution in [-0.2, 0) is 4.74 Å². The highest BCUT2D eigenvalue weighted by Gasteiger charge is 2.20. The Kier molecular flexibility index (Phi) is 6.72. The van der Waals surface area contributed by atoms with E-state index in [2.05, 4.69) is 12.3 Å². The van der Waals surface area contributed by atoms with Crippen molar-refractivity contribution in [3.63, 3.8) is 0 Å². The van der Waals surface area contributed by atoms with Gasteiger partial charge in [-0.1, -0.05) is 19.1 Å². The molecule has 0 aromatic heterocycles. The number of rotatable bonds is 8. The fraction of sp³-hybridized carbons (Fsp3) is 0.571. The highest BCUT2D eigenvalue weighted by Crippen LogP contribution is 2.23. The molecule has 1 aromatic carbocycles. The normalized spacial score (nSPS) is 14.2. The average Bonchev–Trinajstić information content (AvgIpc) is 2.40. The summed E-state index contributed by atoms with van der Waals surface area (Å²) in [5.41, 5.74) is 3.95. The van der Waals surface area contributed by atoms with Crippen molar-refractivity contribution in [1.82, 2.24) is 5.43 Å². The van der Waals surface area contributed by atoms with E-state index < -0.39 is 0 Å². The van der Waals surface area contributed by atoms with E-state index in [1.807, 2.05) is 38.1 Å². The van der Waals surface area contributed by atoms with Gasteiger partial charge in [-0.25, -0.2) is 0 Å². The van der Waals surface area contributed by atoms with Crippen LogP contribution in [0.4, 0.5) is 0 Å². The molecule has 4 nitrogen and oxygen atoms in total. The summed E-state index contributed by atoms with van der Waals surface area (Å²) in [6, 6.07) is 7.98. The molecule has 18 heavy (non-hydrogen) atoms. The smallest absolute Gasteiger partial charge is 0.119 e. The van der Waals surface area contributed by atoms with Crippen molar-refractivity contribution in [2.75, 3.05) is 13.2 Å². The van der Waals surface area contributed by atoms with Gasteiger partial charge in [0, 0.05) is 6.61 Å². The number of benzene rings is 1. The van der Waals surface area contributed by atoms with E-state index in [-0.39, 0.29) is 12.1 Å². The van der Waals surface area contributed by atoms with Crippen LogP contribution < -0.4 is 16.0 Å². The maximum atomic E-state index is 5.70. The SMILES string of the molecule is CCOc1ccc(C(NN)C(CC)OCC)cc1. The summed E-state index contributed by atoms with van der Waals surface area (Å²) < 4.78 is 11.1. The number of ether oxygens (including phenoxy) is 2. The quantitative estimate of drug-likeness (QED) is 0.551. The molecule has 2 unspecified atom stereocenters. The molecule has 0 saturated carbocycles. The van der Waals surface area contributed by atoms with Crippen molar-refractivity contribution in [2.24, 2.45) is 5.84 Å². The lowest BCUT2D eigenvalue weighted by Gasteiger charge is -2.26. The van der Waals surface area contributed by atoms with E-state index >= 15 is 0 Å². The van der Waals surface area contributed by atoms with Crippen molar-refractivity contribution in [3.8, 4) is 5.75 Å². The van der Waals surface area contributed by atoms with Gasteiger partial charge in [0.2, 0.25) is 0 Å². The first-order valence-electron chi connectivity index (χ1n) is 6.57. The molecule has 1 rings (SSSR count). The number of hydrazine groups is 1. The number of nitrogens with two attached hydrogens (primary N) is 1. The van der Waals surface area contributed by atoms with Crippen LogP contribution in [0.3, 0.4) is 0 Å². The number of hydrogen-bond acceptors (Lipinski definition) is 4. The van der Waals surface area contributed by atoms with Crippen LogP contribution in [0.2, 0.25) is 0 Å². The van der Waals surface area contributed by atoms with Crippen molar-refractivity contribution in [2.45, 2.75) is 39.3 Å². The molecule has 0 saturated heterocycles. The van der Waals surface area contributed by atoms with E-state index in [1.54, 1.807) is 0 Å². The van der Waals surface area contributed by atoms with Gasteiger partial charge in [0.25, 0.3) is 0 Å². The molecule has 0 bridgehead atoms. The van der Waals surface area contributed by atoms with Gasteiger partial charge < -0.3 is 9.47 Å². The summed E-state index contributed by atoms with van der Waals surface area (Å²) in [4.78, 5) is 0. The van der Waals surface area contributed by atoms with Crippen LogP contribution in [0.5, 0.6) is 5.75 Å². The van der Waals surface area contributed by atoms with E-state index in [4.69, 9.17) is 15.3 Å². The molecule has 0 amide bonds. The topological polar surface area (TPSA) is 56.5 Å². The fourth-order valence-electron chi connectivity index (χ4n) is 2.02. The van der Waals surface area contributed by atoms with E-state index in [0.717, 1.165) is 17.7 Å². The molecule has 0 heterocycles. The minimum Gasteiger partial charge on any atom is -0.494 e. The first-order chi connectivity index (χ1) is 8.76. The van der Waals surface area contributed by atoms with Gasteiger partial charge in [-0.3, -0.25) is 11.3 Å². The van der Waals surface area contributed by atoms with E-state index in [1.165, 1.54) is 0 Å². The van der Waals surface area contributed by atoms with Crippen molar-refractivity contribution in [3.05, 3.63) is 29.8 Å². The van der Waals surface area contributed by atoms with Crippen molar-refractivity contribution in [1.29, 1.82) is 0 Å². The summed E-state index contributed by atoms with van der Waals surface area (Å²) in [7, 11) is 0. The molecule has 0 fully saturated rings. The van der Waals surface area contributed by atoms with E-state index in [0.29, 0.717) is 13.2 Å². The summed E-state index contributed by atoms with van der Waals surface area (Å²) >= 11 is 0. The Bertz CT molecular complexity index is 327. The standard InChI is InChI=1S/C14H24N2O2/c1-4-13(18-6-3)14(16-15)11-7-9-12(10-8-11)17-5-2/h7-10,13-14,16H,4-6,15H2,1-3H3. The Balaban J connectivity index is 2.80. The molecule has 102 valence electrons. The lowest BCUT2D eigenvalue weighted by Crippen LogP contribution is -2.37. The largest absolute Gasteiger partial charge is 0.494 e. The molecule has 1 aromatic rings. The number of hydrogen-bond donors (Lipinski definition) is 2. The van der Waals surface area contributed by atoms with Gasteiger partial charge in [0.1, 0.15) is 5.75 Å². The molecule has 0 aliphatic rings. The van der Waals surface area contributed by atoms with Crippen LogP contribution in [-0.4, -0.2) is 19.3 Å². The fourth-order valence-corrected chi connectivity index (χ4v) is 2.02. The maximum Gasteiger partial charge on any atom is 0.119 e. The highest BCUT2D eigenvalue weighted by atomic mass is 16.5. The lowest BCUT2D eigenvalue weighted by atomic mass is 10.00. The summed E-state index contributed by atoms with van der Waals surface area (Å²) in [6.07, 6.45) is 0.994. The predicted octanol–water partition coefficient (Wildman–Crippen LogP) is 2.40. The second-order valence-electron chi connectivity index (χ2n) is 4.05. The highest BCUT2D eigenvalue weighted by molar-refractivity contribution is 5.29. The van der Waals surface area contributed by atoms with Crippen LogP contribution >= 0.6 is 0 Å². The maximum absolute atomic E-state index is 5.70. The second-order valence-corrected chi connectivity index (χ2v) is 4.05. The van der Waals surface area contributed by atoms with Crippen LogP contribution in [0.25, 0.3) is 0 Å². The van der Waals surface area contributed by atoms with Crippen molar-refractivity contribution >= 4 is 0 Å². The molecule has 4 heteroatoms. The zero-order chi connectivity index (χ0) is 13.4. The molecular formula is C14H24N2O2. The monoisotopic (exact) mass is 252 g/mol. The lowest BCUT2D eigenvalue weighted by molar-refractivity contribution is 0.0314. The summed E-state index contributed by atoms with van der Waals surface area (Å²) in [5, 5.41) is 0. The molecular weight excluding hydrogens is 228 g/mol. The molecule has 0 spiro atoms. The van der Waals surface area contributed by atoms with Gasteiger partial charge >= 0.3 is 0 Å². The van der Waals surface area contributed by atoms with Gasteiger partial charge in [-0.2, -0.15) is 0 Å². The minimum atomic E-state index is 0.00521. The zero-order valence-electron chi connectivity index (χ0n) is 11.5. The van der Waals surface area contributed by atoms with Crippen LogP contribution in [0.15, 0.2) is 24.3 Å². The Morgan fingerprint density at radius 1 is 1.11 bits per heavy atom. The van der Waals surface area contributed by atoms with Gasteiger partial charge in [0.15, 0.2) is 0 Å². The third-order valence-electron chi connectivity index (χ3n) is 2.88. The predicted molar refractivity (Wildman–Crippen MR) is 73.4 cm³/mol. The Hall–Kier alpha value is -1.10. The third-order valence-corrected chi connectivity index (χ3v) is 2.88. The Morgan fingerprint density at radius 3 is 2.22 bits per heavy atom. The second kappa shape index (κ2) is 8.08. The molecule has 0 radical (unpaired) electrons. The van der Waals surface area contributed by atoms with Crippen molar-refractivity contribution < 1.29 is 9.47 Å². The Morgan fingerprint density at radius 2 is 1.78 bits per heavy atom. The molecule has 0 aliphatic heterocycles. The first-order valence-corrected chi connectivity index (χ1v) is 6.57. The van der Waals surface area contributed by atoms with Gasteiger partial charge in [-0.05, 0) is 38.0 Å². The minimum absolute atomic E-state index is 0.00521. The van der Waals surface area contributed by atoms with Gasteiger partial charge in [0.05, 0.1) is 18.8 Å².